The van der Waals surface area contributed by atoms with Crippen LogP contribution in [0.25, 0.3) is 0 Å². The van der Waals surface area contributed by atoms with Gasteiger partial charge in [0.15, 0.2) is 0 Å². The Bertz CT molecular complexity index is 299. The van der Waals surface area contributed by atoms with Crippen LogP contribution in [0.2, 0.25) is 0 Å². The average molecular weight is 256 g/mol. The Labute approximate surface area is 108 Å². The maximum atomic E-state index is 12.3. The Balaban J connectivity index is 2.62. The van der Waals surface area contributed by atoms with E-state index in [2.05, 4.69) is 10.6 Å². The van der Waals surface area contributed by atoms with E-state index < -0.39 is 17.4 Å². The van der Waals surface area contributed by atoms with Gasteiger partial charge >= 0.3 is 5.97 Å². The van der Waals surface area contributed by atoms with Crippen molar-refractivity contribution in [2.45, 2.75) is 52.0 Å². The molecule has 0 aromatic heterocycles. The number of hydrogen-bond donors (Lipinski definition) is 3. The third kappa shape index (κ3) is 3.45. The SMILES string of the molecule is CCCCC(NC(=O)C1(CC)CCNC1)C(=O)O. The van der Waals surface area contributed by atoms with E-state index in [1.165, 1.54) is 0 Å². The van der Waals surface area contributed by atoms with E-state index in [9.17, 15) is 9.59 Å². The second-order valence-corrected chi connectivity index (χ2v) is 5.07. The van der Waals surface area contributed by atoms with Crippen molar-refractivity contribution in [3.8, 4) is 0 Å². The maximum absolute atomic E-state index is 12.3. The molecule has 0 aromatic carbocycles. The van der Waals surface area contributed by atoms with E-state index in [4.69, 9.17) is 5.11 Å². The average Bonchev–Trinajstić information content (AvgIpc) is 2.83. The fourth-order valence-corrected chi connectivity index (χ4v) is 2.38. The van der Waals surface area contributed by atoms with Crippen LogP contribution in [0.3, 0.4) is 0 Å². The van der Waals surface area contributed by atoms with Gasteiger partial charge in [0, 0.05) is 6.54 Å². The van der Waals surface area contributed by atoms with Crippen LogP contribution in [0.4, 0.5) is 0 Å². The van der Waals surface area contributed by atoms with Gasteiger partial charge in [0.25, 0.3) is 0 Å². The number of nitrogens with one attached hydrogen (secondary N) is 2. The van der Waals surface area contributed by atoms with Crippen molar-refractivity contribution in [3.05, 3.63) is 0 Å². The quantitative estimate of drug-likeness (QED) is 0.638. The molecule has 5 heteroatoms. The molecule has 1 rings (SSSR count). The maximum Gasteiger partial charge on any atom is 0.326 e. The lowest BCUT2D eigenvalue weighted by atomic mass is 9.83. The normalized spacial score (nSPS) is 24.8. The van der Waals surface area contributed by atoms with Gasteiger partial charge in [-0.25, -0.2) is 4.79 Å². The number of carboxylic acid groups (broad SMARTS) is 1. The minimum absolute atomic E-state index is 0.112. The first-order chi connectivity index (χ1) is 8.55. The minimum Gasteiger partial charge on any atom is -0.480 e. The molecule has 1 aliphatic heterocycles. The molecule has 1 amide bonds. The van der Waals surface area contributed by atoms with Crippen molar-refractivity contribution in [2.24, 2.45) is 5.41 Å². The molecule has 1 heterocycles. The number of rotatable bonds is 7. The van der Waals surface area contributed by atoms with E-state index in [1.807, 2.05) is 13.8 Å². The standard InChI is InChI=1S/C13H24N2O3/c1-3-5-6-10(11(16)17)15-12(18)13(4-2)7-8-14-9-13/h10,14H,3-9H2,1-2H3,(H,15,18)(H,16,17). The van der Waals surface area contributed by atoms with Crippen molar-refractivity contribution in [1.82, 2.24) is 10.6 Å². The van der Waals surface area contributed by atoms with Crippen LogP contribution in [0.5, 0.6) is 0 Å². The number of hydrogen-bond acceptors (Lipinski definition) is 3. The smallest absolute Gasteiger partial charge is 0.326 e. The molecule has 0 bridgehead atoms. The molecule has 1 saturated heterocycles. The Morgan fingerprint density at radius 3 is 2.61 bits per heavy atom. The molecule has 0 spiro atoms. The summed E-state index contributed by atoms with van der Waals surface area (Å²) in [5.41, 5.74) is -0.417. The van der Waals surface area contributed by atoms with E-state index in [0.717, 1.165) is 32.2 Å². The summed E-state index contributed by atoms with van der Waals surface area (Å²) in [6.07, 6.45) is 3.78. The van der Waals surface area contributed by atoms with Gasteiger partial charge < -0.3 is 15.7 Å². The van der Waals surface area contributed by atoms with Crippen LogP contribution in [0, 0.1) is 5.41 Å². The largest absolute Gasteiger partial charge is 0.480 e. The molecule has 18 heavy (non-hydrogen) atoms. The van der Waals surface area contributed by atoms with Gasteiger partial charge in [-0.3, -0.25) is 4.79 Å². The fraction of sp³-hybridized carbons (Fsp3) is 0.846. The fourth-order valence-electron chi connectivity index (χ4n) is 2.38. The van der Waals surface area contributed by atoms with E-state index >= 15 is 0 Å². The molecular weight excluding hydrogens is 232 g/mol. The third-order valence-electron chi connectivity index (χ3n) is 3.85. The van der Waals surface area contributed by atoms with Crippen LogP contribution in [-0.4, -0.2) is 36.1 Å². The molecule has 5 nitrogen and oxygen atoms in total. The first kappa shape index (κ1) is 15.0. The van der Waals surface area contributed by atoms with Crippen LogP contribution < -0.4 is 10.6 Å². The van der Waals surface area contributed by atoms with Gasteiger partial charge in [0.05, 0.1) is 5.41 Å². The number of unbranched alkanes of at least 4 members (excludes halogenated alkanes) is 1. The summed E-state index contributed by atoms with van der Waals surface area (Å²) in [4.78, 5) is 23.4. The van der Waals surface area contributed by atoms with Crippen molar-refractivity contribution in [1.29, 1.82) is 0 Å². The number of carbonyl (C=O) groups excluding carboxylic acids is 1. The zero-order valence-electron chi connectivity index (χ0n) is 11.3. The van der Waals surface area contributed by atoms with Crippen LogP contribution in [0.15, 0.2) is 0 Å². The molecule has 0 radical (unpaired) electrons. The number of aliphatic carboxylic acids is 1. The first-order valence-corrected chi connectivity index (χ1v) is 6.80. The van der Waals surface area contributed by atoms with Gasteiger partial charge in [-0.05, 0) is 25.8 Å². The van der Waals surface area contributed by atoms with Gasteiger partial charge in [-0.1, -0.05) is 26.7 Å². The summed E-state index contributed by atoms with van der Waals surface area (Å²) in [5.74, 6) is -1.05. The summed E-state index contributed by atoms with van der Waals surface area (Å²) in [5, 5.41) is 15.0. The van der Waals surface area contributed by atoms with Gasteiger partial charge in [-0.2, -0.15) is 0 Å². The topological polar surface area (TPSA) is 78.4 Å². The second-order valence-electron chi connectivity index (χ2n) is 5.07. The summed E-state index contributed by atoms with van der Waals surface area (Å²) in [7, 11) is 0. The summed E-state index contributed by atoms with van der Waals surface area (Å²) >= 11 is 0. The Morgan fingerprint density at radius 2 is 2.17 bits per heavy atom. The lowest BCUT2D eigenvalue weighted by Crippen LogP contribution is -2.49. The summed E-state index contributed by atoms with van der Waals surface area (Å²) < 4.78 is 0. The van der Waals surface area contributed by atoms with Crippen LogP contribution in [0.1, 0.15) is 46.0 Å². The third-order valence-corrected chi connectivity index (χ3v) is 3.85. The minimum atomic E-state index is -0.936. The molecule has 104 valence electrons. The molecule has 0 aliphatic carbocycles. The molecule has 0 aromatic rings. The van der Waals surface area contributed by atoms with Crippen molar-refractivity contribution < 1.29 is 14.7 Å². The van der Waals surface area contributed by atoms with Crippen molar-refractivity contribution in [2.75, 3.05) is 13.1 Å². The highest BCUT2D eigenvalue weighted by Gasteiger charge is 2.40. The van der Waals surface area contributed by atoms with Gasteiger partial charge in [0.2, 0.25) is 5.91 Å². The Hall–Kier alpha value is -1.10. The Morgan fingerprint density at radius 1 is 1.44 bits per heavy atom. The molecule has 3 N–H and O–H groups in total. The molecule has 1 aliphatic rings. The van der Waals surface area contributed by atoms with Crippen LogP contribution >= 0.6 is 0 Å². The van der Waals surface area contributed by atoms with Crippen molar-refractivity contribution in [3.63, 3.8) is 0 Å². The molecule has 0 saturated carbocycles. The summed E-state index contributed by atoms with van der Waals surface area (Å²) in [6.45, 7) is 5.47. The molecular formula is C13H24N2O3. The second kappa shape index (κ2) is 6.73. The highest BCUT2D eigenvalue weighted by atomic mass is 16.4. The highest BCUT2D eigenvalue weighted by Crippen LogP contribution is 2.29. The highest BCUT2D eigenvalue weighted by molar-refractivity contribution is 5.87. The van der Waals surface area contributed by atoms with E-state index in [1.54, 1.807) is 0 Å². The number of carboxylic acids is 1. The lowest BCUT2D eigenvalue weighted by Gasteiger charge is -2.27. The molecule has 2 unspecified atom stereocenters. The van der Waals surface area contributed by atoms with E-state index in [-0.39, 0.29) is 5.91 Å². The molecule has 1 fully saturated rings. The number of carbonyl (C=O) groups is 2. The van der Waals surface area contributed by atoms with Gasteiger partial charge in [-0.15, -0.1) is 0 Å². The van der Waals surface area contributed by atoms with Crippen molar-refractivity contribution >= 4 is 11.9 Å². The zero-order valence-corrected chi connectivity index (χ0v) is 11.3. The van der Waals surface area contributed by atoms with E-state index in [0.29, 0.717) is 13.0 Å². The molecule has 2 atom stereocenters. The van der Waals surface area contributed by atoms with Gasteiger partial charge in [0.1, 0.15) is 6.04 Å². The predicted molar refractivity (Wildman–Crippen MR) is 69.3 cm³/mol. The predicted octanol–water partition coefficient (Wildman–Crippen LogP) is 1.14. The number of amides is 1. The monoisotopic (exact) mass is 256 g/mol. The lowest BCUT2D eigenvalue weighted by molar-refractivity contribution is -0.144. The zero-order chi connectivity index (χ0) is 13.6. The van der Waals surface area contributed by atoms with Crippen LogP contribution in [-0.2, 0) is 9.59 Å². The first-order valence-electron chi connectivity index (χ1n) is 6.80. The Kier molecular flexibility index (Phi) is 5.59. The summed E-state index contributed by atoms with van der Waals surface area (Å²) in [6, 6.07) is -0.749.